The molecular formula is C16H15Cl2NO5S. The number of carbonyl (C=O) groups excluding carboxylic acids is 1. The number of halogens is 2. The summed E-state index contributed by atoms with van der Waals surface area (Å²) in [6, 6.07) is 9.59. The second-order valence-electron chi connectivity index (χ2n) is 5.10. The van der Waals surface area contributed by atoms with Crippen molar-refractivity contribution in [1.82, 2.24) is 4.72 Å². The Balaban J connectivity index is 2.15. The lowest BCUT2D eigenvalue weighted by Gasteiger charge is -2.11. The zero-order chi connectivity index (χ0) is 18.6. The van der Waals surface area contributed by atoms with Gasteiger partial charge in [0, 0.05) is 6.07 Å². The minimum atomic E-state index is -3.66. The molecule has 0 fully saturated rings. The lowest BCUT2D eigenvalue weighted by atomic mass is 10.1. The number of ether oxygens (including phenoxy) is 2. The van der Waals surface area contributed by atoms with Gasteiger partial charge >= 0.3 is 0 Å². The van der Waals surface area contributed by atoms with Gasteiger partial charge in [-0.25, -0.2) is 13.1 Å². The Kier molecular flexibility index (Phi) is 6.16. The molecule has 25 heavy (non-hydrogen) atoms. The fraction of sp³-hybridized carbons (Fsp3) is 0.188. The van der Waals surface area contributed by atoms with Gasteiger partial charge in [-0.1, -0.05) is 29.3 Å². The van der Waals surface area contributed by atoms with Gasteiger partial charge < -0.3 is 9.47 Å². The molecule has 0 radical (unpaired) electrons. The Bertz CT molecular complexity index is 899. The minimum absolute atomic E-state index is 0.103. The first kappa shape index (κ1) is 19.4. The maximum absolute atomic E-state index is 12.0. The summed E-state index contributed by atoms with van der Waals surface area (Å²) < 4.78 is 35.0. The summed E-state index contributed by atoms with van der Waals surface area (Å²) >= 11 is 11.8. The summed E-state index contributed by atoms with van der Waals surface area (Å²) in [5, 5.41) is 0.807. The van der Waals surface area contributed by atoms with E-state index in [0.717, 1.165) is 11.8 Å². The zero-order valence-corrected chi connectivity index (χ0v) is 15.7. The van der Waals surface area contributed by atoms with Gasteiger partial charge in [0.05, 0.1) is 29.0 Å². The van der Waals surface area contributed by atoms with E-state index in [9.17, 15) is 13.2 Å². The van der Waals surface area contributed by atoms with Crippen LogP contribution in [0.1, 0.15) is 15.9 Å². The van der Waals surface area contributed by atoms with Gasteiger partial charge in [0.2, 0.25) is 10.0 Å². The van der Waals surface area contributed by atoms with E-state index in [1.165, 1.54) is 13.2 Å². The number of carbonyl (C=O) groups is 1. The molecule has 2 aromatic carbocycles. The molecule has 0 atom stereocenters. The number of sulfonamides is 1. The summed E-state index contributed by atoms with van der Waals surface area (Å²) in [5.74, 6) is -0.0000437. The standard InChI is InChI=1S/C16H15Cl2NO5S/c1-23-15-7-10(3-5-12(15)16(20)19-25(2,21)22)9-24-11-4-6-13(17)14(18)8-11/h3-8H,9H2,1-2H3,(H,19,20). The molecule has 6 nitrogen and oxygen atoms in total. The van der Waals surface area contributed by atoms with Crippen molar-refractivity contribution < 1.29 is 22.7 Å². The molecule has 0 aliphatic carbocycles. The van der Waals surface area contributed by atoms with Crippen LogP contribution in [0.4, 0.5) is 0 Å². The number of rotatable bonds is 6. The highest BCUT2D eigenvalue weighted by atomic mass is 35.5. The fourth-order valence-electron chi connectivity index (χ4n) is 1.97. The first-order valence-electron chi connectivity index (χ1n) is 6.96. The molecule has 134 valence electrons. The third-order valence-corrected chi connectivity index (χ3v) is 4.38. The smallest absolute Gasteiger partial charge is 0.268 e. The van der Waals surface area contributed by atoms with Crippen molar-refractivity contribution in [2.45, 2.75) is 6.61 Å². The van der Waals surface area contributed by atoms with Crippen LogP contribution in [0.3, 0.4) is 0 Å². The van der Waals surface area contributed by atoms with Crippen molar-refractivity contribution in [3.8, 4) is 11.5 Å². The number of nitrogens with one attached hydrogen (secondary N) is 1. The van der Waals surface area contributed by atoms with Gasteiger partial charge in [-0.2, -0.15) is 0 Å². The molecule has 0 bridgehead atoms. The monoisotopic (exact) mass is 403 g/mol. The molecule has 2 aromatic rings. The lowest BCUT2D eigenvalue weighted by Crippen LogP contribution is -2.29. The van der Waals surface area contributed by atoms with E-state index in [4.69, 9.17) is 32.7 Å². The Morgan fingerprint density at radius 1 is 1.12 bits per heavy atom. The average molecular weight is 404 g/mol. The minimum Gasteiger partial charge on any atom is -0.496 e. The van der Waals surface area contributed by atoms with Crippen molar-refractivity contribution in [1.29, 1.82) is 0 Å². The van der Waals surface area contributed by atoms with Crippen molar-refractivity contribution in [2.75, 3.05) is 13.4 Å². The normalized spacial score (nSPS) is 11.0. The molecule has 1 amide bonds. The van der Waals surface area contributed by atoms with E-state index in [1.807, 2.05) is 4.72 Å². The molecule has 0 aromatic heterocycles. The number of amides is 1. The molecule has 0 saturated carbocycles. The van der Waals surface area contributed by atoms with E-state index in [1.54, 1.807) is 30.3 Å². The molecule has 0 unspecified atom stereocenters. The molecule has 1 N–H and O–H groups in total. The van der Waals surface area contributed by atoms with Crippen LogP contribution in [0.15, 0.2) is 36.4 Å². The topological polar surface area (TPSA) is 81.7 Å². The van der Waals surface area contributed by atoms with Gasteiger partial charge in [0.1, 0.15) is 18.1 Å². The maximum Gasteiger partial charge on any atom is 0.268 e. The van der Waals surface area contributed by atoms with E-state index < -0.39 is 15.9 Å². The third-order valence-electron chi connectivity index (χ3n) is 3.09. The summed E-state index contributed by atoms with van der Waals surface area (Å²) in [4.78, 5) is 12.0. The number of hydrogen-bond acceptors (Lipinski definition) is 5. The van der Waals surface area contributed by atoms with Crippen LogP contribution in [0.2, 0.25) is 10.0 Å². The summed E-state index contributed by atoms with van der Waals surface area (Å²) in [7, 11) is -2.28. The Hall–Kier alpha value is -1.96. The second kappa shape index (κ2) is 7.95. The quantitative estimate of drug-likeness (QED) is 0.799. The first-order chi connectivity index (χ1) is 11.7. The van der Waals surface area contributed by atoms with Crippen molar-refractivity contribution in [3.05, 3.63) is 57.6 Å². The molecule has 0 saturated heterocycles. The molecule has 0 heterocycles. The van der Waals surface area contributed by atoms with Crippen LogP contribution in [-0.2, 0) is 16.6 Å². The van der Waals surface area contributed by atoms with Gasteiger partial charge in [0.15, 0.2) is 0 Å². The van der Waals surface area contributed by atoms with Gasteiger partial charge in [0.25, 0.3) is 5.91 Å². The SMILES string of the molecule is COc1cc(COc2ccc(Cl)c(Cl)c2)ccc1C(=O)NS(C)(=O)=O. The Morgan fingerprint density at radius 2 is 1.84 bits per heavy atom. The predicted molar refractivity (Wildman–Crippen MR) is 96.1 cm³/mol. The first-order valence-corrected chi connectivity index (χ1v) is 9.61. The Labute approximate surface area is 155 Å². The molecule has 0 aliphatic heterocycles. The van der Waals surface area contributed by atoms with Crippen LogP contribution in [0, 0.1) is 0 Å². The van der Waals surface area contributed by atoms with Crippen LogP contribution < -0.4 is 14.2 Å². The van der Waals surface area contributed by atoms with Gasteiger partial charge in [-0.05, 0) is 29.8 Å². The molecule has 0 aliphatic rings. The van der Waals surface area contributed by atoms with Crippen LogP contribution in [-0.4, -0.2) is 27.7 Å². The van der Waals surface area contributed by atoms with Crippen LogP contribution in [0.25, 0.3) is 0 Å². The highest BCUT2D eigenvalue weighted by molar-refractivity contribution is 7.89. The zero-order valence-electron chi connectivity index (χ0n) is 13.4. The number of benzene rings is 2. The van der Waals surface area contributed by atoms with E-state index >= 15 is 0 Å². The largest absolute Gasteiger partial charge is 0.496 e. The lowest BCUT2D eigenvalue weighted by molar-refractivity contribution is 0.0978. The van der Waals surface area contributed by atoms with Crippen LogP contribution in [0.5, 0.6) is 11.5 Å². The van der Waals surface area contributed by atoms with Crippen molar-refractivity contribution in [2.24, 2.45) is 0 Å². The van der Waals surface area contributed by atoms with E-state index in [2.05, 4.69) is 0 Å². The van der Waals surface area contributed by atoms with Gasteiger partial charge in [-0.15, -0.1) is 0 Å². The number of methoxy groups -OCH3 is 1. The third kappa shape index (κ3) is 5.52. The van der Waals surface area contributed by atoms with Crippen molar-refractivity contribution in [3.63, 3.8) is 0 Å². The predicted octanol–water partition coefficient (Wildman–Crippen LogP) is 3.27. The average Bonchev–Trinajstić information content (AvgIpc) is 2.54. The number of hydrogen-bond donors (Lipinski definition) is 1. The fourth-order valence-corrected chi connectivity index (χ4v) is 2.70. The molecule has 0 spiro atoms. The van der Waals surface area contributed by atoms with E-state index in [0.29, 0.717) is 15.8 Å². The highest BCUT2D eigenvalue weighted by Crippen LogP contribution is 2.27. The Morgan fingerprint density at radius 3 is 2.44 bits per heavy atom. The van der Waals surface area contributed by atoms with Gasteiger partial charge in [-0.3, -0.25) is 4.79 Å². The summed E-state index contributed by atoms with van der Waals surface area (Å²) in [5.41, 5.74) is 0.824. The van der Waals surface area contributed by atoms with E-state index in [-0.39, 0.29) is 17.9 Å². The molecular weight excluding hydrogens is 389 g/mol. The highest BCUT2D eigenvalue weighted by Gasteiger charge is 2.16. The van der Waals surface area contributed by atoms with Crippen LogP contribution >= 0.6 is 23.2 Å². The summed E-state index contributed by atoms with van der Waals surface area (Å²) in [6.45, 7) is 0.197. The summed E-state index contributed by atoms with van der Waals surface area (Å²) in [6.07, 6.45) is 0.900. The molecule has 2 rings (SSSR count). The van der Waals surface area contributed by atoms with Crippen molar-refractivity contribution >= 4 is 39.1 Å². The second-order valence-corrected chi connectivity index (χ2v) is 7.67. The molecule has 9 heteroatoms. The maximum atomic E-state index is 12.0.